The number of hydrogen-bond donors (Lipinski definition) is 2. The van der Waals surface area contributed by atoms with Gasteiger partial charge in [0.1, 0.15) is 0 Å². The third kappa shape index (κ3) is 2.02. The van der Waals surface area contributed by atoms with Gasteiger partial charge in [-0.15, -0.1) is 0 Å². The van der Waals surface area contributed by atoms with Crippen LogP contribution in [0.4, 0.5) is 0 Å². The zero-order chi connectivity index (χ0) is 9.14. The molecule has 0 saturated carbocycles. The smallest absolute Gasteiger partial charge is 0.0392 e. The second kappa shape index (κ2) is 3.97. The van der Waals surface area contributed by atoms with Gasteiger partial charge in [-0.05, 0) is 25.0 Å². The maximum absolute atomic E-state index is 5.55. The van der Waals surface area contributed by atoms with Crippen molar-refractivity contribution in [2.45, 2.75) is 19.1 Å². The second-order valence-corrected chi connectivity index (χ2v) is 3.73. The van der Waals surface area contributed by atoms with Gasteiger partial charge in [0.05, 0.1) is 0 Å². The molecule has 2 heteroatoms. The molecule has 0 aliphatic heterocycles. The van der Waals surface area contributed by atoms with Gasteiger partial charge in [-0.25, -0.2) is 0 Å². The summed E-state index contributed by atoms with van der Waals surface area (Å²) in [5, 5.41) is 0.171. The molecule has 0 aromatic heterocycles. The van der Waals surface area contributed by atoms with Gasteiger partial charge in [-0.1, -0.05) is 23.8 Å². The van der Waals surface area contributed by atoms with Gasteiger partial charge >= 0.3 is 0 Å². The average Bonchev–Trinajstić information content (AvgIpc) is 2.08. The summed E-state index contributed by atoms with van der Waals surface area (Å²) in [5.41, 5.74) is 9.33. The molecule has 1 nitrogen and oxygen atoms in total. The van der Waals surface area contributed by atoms with Gasteiger partial charge in [0.2, 0.25) is 0 Å². The van der Waals surface area contributed by atoms with Crippen LogP contribution >= 0.6 is 12.6 Å². The molecule has 1 rings (SSSR count). The molecular formula is C10H15NS. The van der Waals surface area contributed by atoms with E-state index in [-0.39, 0.29) is 5.25 Å². The SMILES string of the molecule is Cc1ccc(C)c(C(S)CN)c1. The molecule has 0 fully saturated rings. The number of hydrogen-bond acceptors (Lipinski definition) is 2. The van der Waals surface area contributed by atoms with Gasteiger partial charge in [0.25, 0.3) is 0 Å². The summed E-state index contributed by atoms with van der Waals surface area (Å²) >= 11 is 4.41. The fourth-order valence-electron chi connectivity index (χ4n) is 1.25. The van der Waals surface area contributed by atoms with Crippen molar-refractivity contribution in [2.75, 3.05) is 6.54 Å². The lowest BCUT2D eigenvalue weighted by molar-refractivity contribution is 0.937. The molecule has 66 valence electrons. The van der Waals surface area contributed by atoms with Crippen LogP contribution in [0.25, 0.3) is 0 Å². The van der Waals surface area contributed by atoms with Gasteiger partial charge in [-0.2, -0.15) is 12.6 Å². The van der Waals surface area contributed by atoms with Crippen molar-refractivity contribution < 1.29 is 0 Å². The van der Waals surface area contributed by atoms with E-state index < -0.39 is 0 Å². The van der Waals surface area contributed by atoms with Crippen molar-refractivity contribution in [3.05, 3.63) is 34.9 Å². The van der Waals surface area contributed by atoms with E-state index in [0.717, 1.165) is 0 Å². The molecule has 0 aliphatic carbocycles. The topological polar surface area (TPSA) is 26.0 Å². The van der Waals surface area contributed by atoms with Crippen LogP contribution in [0.2, 0.25) is 0 Å². The van der Waals surface area contributed by atoms with Crippen LogP contribution in [0, 0.1) is 13.8 Å². The lowest BCUT2D eigenvalue weighted by Gasteiger charge is -2.12. The van der Waals surface area contributed by atoms with E-state index in [1.165, 1.54) is 16.7 Å². The van der Waals surface area contributed by atoms with Crippen LogP contribution in [0.15, 0.2) is 18.2 Å². The highest BCUT2D eigenvalue weighted by Crippen LogP contribution is 2.22. The van der Waals surface area contributed by atoms with Crippen LogP contribution in [-0.2, 0) is 0 Å². The molecule has 1 aromatic carbocycles. The first-order valence-electron chi connectivity index (χ1n) is 4.10. The fourth-order valence-corrected chi connectivity index (χ4v) is 1.52. The number of thiol groups is 1. The molecule has 0 bridgehead atoms. The zero-order valence-corrected chi connectivity index (χ0v) is 8.44. The lowest BCUT2D eigenvalue weighted by Crippen LogP contribution is -2.08. The molecule has 1 aromatic rings. The van der Waals surface area contributed by atoms with Crippen molar-refractivity contribution in [1.29, 1.82) is 0 Å². The molecule has 0 heterocycles. The Morgan fingerprint density at radius 2 is 2.08 bits per heavy atom. The van der Waals surface area contributed by atoms with Gasteiger partial charge in [-0.3, -0.25) is 0 Å². The van der Waals surface area contributed by atoms with E-state index in [2.05, 4.69) is 44.7 Å². The van der Waals surface area contributed by atoms with E-state index in [0.29, 0.717) is 6.54 Å². The molecule has 12 heavy (non-hydrogen) atoms. The molecule has 1 atom stereocenters. The van der Waals surface area contributed by atoms with Gasteiger partial charge in [0, 0.05) is 11.8 Å². The van der Waals surface area contributed by atoms with E-state index in [4.69, 9.17) is 5.73 Å². The van der Waals surface area contributed by atoms with Crippen LogP contribution in [0.5, 0.6) is 0 Å². The Balaban J connectivity index is 3.04. The molecule has 0 radical (unpaired) electrons. The monoisotopic (exact) mass is 181 g/mol. The maximum Gasteiger partial charge on any atom is 0.0392 e. The Hall–Kier alpha value is -0.470. The Morgan fingerprint density at radius 3 is 2.67 bits per heavy atom. The summed E-state index contributed by atoms with van der Waals surface area (Å²) in [5.74, 6) is 0. The average molecular weight is 181 g/mol. The van der Waals surface area contributed by atoms with E-state index in [1.54, 1.807) is 0 Å². The van der Waals surface area contributed by atoms with Gasteiger partial charge < -0.3 is 5.73 Å². The molecule has 2 N–H and O–H groups in total. The Morgan fingerprint density at radius 1 is 1.42 bits per heavy atom. The number of aryl methyl sites for hydroxylation is 2. The molecule has 1 unspecified atom stereocenters. The molecule has 0 amide bonds. The van der Waals surface area contributed by atoms with Crippen molar-refractivity contribution in [3.63, 3.8) is 0 Å². The number of benzene rings is 1. The maximum atomic E-state index is 5.55. The molecular weight excluding hydrogens is 166 g/mol. The highest BCUT2D eigenvalue weighted by atomic mass is 32.1. The summed E-state index contributed by atoms with van der Waals surface area (Å²) < 4.78 is 0. The van der Waals surface area contributed by atoms with E-state index in [1.807, 2.05) is 0 Å². The first kappa shape index (κ1) is 9.62. The highest BCUT2D eigenvalue weighted by Gasteiger charge is 2.06. The summed E-state index contributed by atoms with van der Waals surface area (Å²) in [6, 6.07) is 6.37. The molecule has 0 aliphatic rings. The van der Waals surface area contributed by atoms with E-state index >= 15 is 0 Å². The van der Waals surface area contributed by atoms with Crippen molar-refractivity contribution >= 4 is 12.6 Å². The Kier molecular flexibility index (Phi) is 3.18. The normalized spacial score (nSPS) is 13.0. The van der Waals surface area contributed by atoms with Gasteiger partial charge in [0.15, 0.2) is 0 Å². The highest BCUT2D eigenvalue weighted by molar-refractivity contribution is 7.80. The Bertz CT molecular complexity index is 271. The van der Waals surface area contributed by atoms with E-state index in [9.17, 15) is 0 Å². The largest absolute Gasteiger partial charge is 0.329 e. The third-order valence-corrected chi connectivity index (χ3v) is 2.51. The summed E-state index contributed by atoms with van der Waals surface area (Å²) in [7, 11) is 0. The standard InChI is InChI=1S/C10H15NS/c1-7-3-4-8(2)9(5-7)10(12)6-11/h3-5,10,12H,6,11H2,1-2H3. The minimum atomic E-state index is 0.171. The summed E-state index contributed by atoms with van der Waals surface area (Å²) in [6.45, 7) is 4.76. The first-order chi connectivity index (χ1) is 5.65. The zero-order valence-electron chi connectivity index (χ0n) is 7.54. The lowest BCUT2D eigenvalue weighted by atomic mass is 10.0. The third-order valence-electron chi connectivity index (χ3n) is 2.02. The van der Waals surface area contributed by atoms with Crippen LogP contribution < -0.4 is 5.73 Å². The van der Waals surface area contributed by atoms with Crippen LogP contribution in [0.3, 0.4) is 0 Å². The van der Waals surface area contributed by atoms with Crippen molar-refractivity contribution in [3.8, 4) is 0 Å². The summed E-state index contributed by atoms with van der Waals surface area (Å²) in [4.78, 5) is 0. The van der Waals surface area contributed by atoms with Crippen molar-refractivity contribution in [2.24, 2.45) is 5.73 Å². The number of nitrogens with two attached hydrogens (primary N) is 1. The minimum Gasteiger partial charge on any atom is -0.329 e. The van der Waals surface area contributed by atoms with Crippen LogP contribution in [-0.4, -0.2) is 6.54 Å². The second-order valence-electron chi connectivity index (χ2n) is 3.11. The first-order valence-corrected chi connectivity index (χ1v) is 4.62. The van der Waals surface area contributed by atoms with Crippen molar-refractivity contribution in [1.82, 2.24) is 0 Å². The van der Waals surface area contributed by atoms with Crippen LogP contribution in [0.1, 0.15) is 21.9 Å². The predicted octanol–water partition coefficient (Wildman–Crippen LogP) is 2.23. The molecule has 0 saturated heterocycles. The number of rotatable bonds is 2. The minimum absolute atomic E-state index is 0.171. The molecule has 0 spiro atoms. The quantitative estimate of drug-likeness (QED) is 0.672. The fraction of sp³-hybridized carbons (Fsp3) is 0.400. The predicted molar refractivity (Wildman–Crippen MR) is 56.7 cm³/mol. The summed E-state index contributed by atoms with van der Waals surface area (Å²) in [6.07, 6.45) is 0. The Labute approximate surface area is 79.4 Å².